The molecule has 0 aliphatic carbocycles. The Bertz CT molecular complexity index is 1550. The number of hydrogen-bond donors (Lipinski definition) is 4. The van der Waals surface area contributed by atoms with Crippen molar-refractivity contribution >= 4 is 74.0 Å². The van der Waals surface area contributed by atoms with E-state index >= 15 is 0 Å². The fourth-order valence-electron chi connectivity index (χ4n) is 3.96. The lowest BCUT2D eigenvalue weighted by atomic mass is 10.1. The number of hydrogen-bond acceptors (Lipinski definition) is 7. The SMILES string of the molecule is CCC(C)N(CC(=O)Nc1ccc(-c2ccccc2S(N)(=O)=O)cc1)c1cccc(C(=N)NC(=O)OCC(Cl)(Cl)Cl)c1. The molecular weight excluding hydrogens is 625 g/mol. The van der Waals surface area contributed by atoms with E-state index in [1.54, 1.807) is 66.7 Å². The zero-order valence-corrected chi connectivity index (χ0v) is 25.8. The highest BCUT2D eigenvalue weighted by Crippen LogP contribution is 2.28. The van der Waals surface area contributed by atoms with Crippen LogP contribution in [0.25, 0.3) is 11.1 Å². The predicted octanol–water partition coefficient (Wildman–Crippen LogP) is 5.67. The molecule has 10 nitrogen and oxygen atoms in total. The summed E-state index contributed by atoms with van der Waals surface area (Å²) in [6, 6.07) is 19.9. The van der Waals surface area contributed by atoms with Crippen LogP contribution in [0.5, 0.6) is 0 Å². The first-order chi connectivity index (χ1) is 19.7. The van der Waals surface area contributed by atoms with Crippen molar-refractivity contribution in [3.05, 3.63) is 78.4 Å². The van der Waals surface area contributed by atoms with Crippen LogP contribution < -0.4 is 20.7 Å². The second-order valence-electron chi connectivity index (χ2n) is 9.29. The molecule has 3 aromatic carbocycles. The fourth-order valence-corrected chi connectivity index (χ4v) is 4.89. The van der Waals surface area contributed by atoms with Gasteiger partial charge in [-0.15, -0.1) is 0 Å². The number of primary sulfonamides is 1. The van der Waals surface area contributed by atoms with Crippen LogP contribution in [-0.2, 0) is 19.6 Å². The minimum atomic E-state index is -3.91. The molecule has 3 aromatic rings. The quantitative estimate of drug-likeness (QED) is 0.126. The summed E-state index contributed by atoms with van der Waals surface area (Å²) in [6.45, 7) is 3.47. The van der Waals surface area contributed by atoms with Gasteiger partial charge in [-0.1, -0.05) is 84.2 Å². The van der Waals surface area contributed by atoms with Crippen LogP contribution in [0, 0.1) is 5.41 Å². The van der Waals surface area contributed by atoms with E-state index < -0.39 is 26.5 Å². The largest absolute Gasteiger partial charge is 0.445 e. The van der Waals surface area contributed by atoms with E-state index in [2.05, 4.69) is 10.6 Å². The summed E-state index contributed by atoms with van der Waals surface area (Å²) >= 11 is 16.8. The van der Waals surface area contributed by atoms with E-state index in [1.807, 2.05) is 18.7 Å². The van der Waals surface area contributed by atoms with Gasteiger partial charge >= 0.3 is 6.09 Å². The minimum Gasteiger partial charge on any atom is -0.445 e. The molecule has 0 aliphatic heterocycles. The summed E-state index contributed by atoms with van der Waals surface area (Å²) in [6.07, 6.45) is -0.219. The van der Waals surface area contributed by atoms with Crippen molar-refractivity contribution in [2.45, 2.75) is 35.0 Å². The summed E-state index contributed by atoms with van der Waals surface area (Å²) < 4.78 is 27.0. The summed E-state index contributed by atoms with van der Waals surface area (Å²) in [5.74, 6) is -0.523. The lowest BCUT2D eigenvalue weighted by molar-refractivity contribution is -0.115. The average Bonchev–Trinajstić information content (AvgIpc) is 2.94. The van der Waals surface area contributed by atoms with E-state index in [9.17, 15) is 18.0 Å². The number of halogens is 3. The third kappa shape index (κ3) is 9.60. The zero-order chi connectivity index (χ0) is 31.1. The van der Waals surface area contributed by atoms with Crippen LogP contribution in [0.2, 0.25) is 0 Å². The maximum atomic E-state index is 13.1. The number of nitrogens with two attached hydrogens (primary N) is 1. The highest BCUT2D eigenvalue weighted by Gasteiger charge is 2.23. The Hall–Kier alpha value is -3.35. The van der Waals surface area contributed by atoms with Gasteiger partial charge in [-0.3, -0.25) is 15.5 Å². The molecule has 0 spiro atoms. The van der Waals surface area contributed by atoms with E-state index in [0.717, 1.165) is 6.42 Å². The highest BCUT2D eigenvalue weighted by atomic mass is 35.6. The second-order valence-corrected chi connectivity index (χ2v) is 13.3. The third-order valence-corrected chi connectivity index (χ3v) is 7.47. The summed E-state index contributed by atoms with van der Waals surface area (Å²) in [5.41, 5.74) is 2.65. The van der Waals surface area contributed by atoms with Crippen molar-refractivity contribution in [1.82, 2.24) is 5.32 Å². The highest BCUT2D eigenvalue weighted by molar-refractivity contribution is 7.89. The van der Waals surface area contributed by atoms with Crippen LogP contribution in [-0.4, -0.2) is 49.2 Å². The number of sulfonamides is 1. The first-order valence-corrected chi connectivity index (χ1v) is 15.3. The molecule has 3 rings (SSSR count). The molecular formula is C28H30Cl3N5O5S. The molecule has 0 aliphatic rings. The molecule has 0 aromatic heterocycles. The van der Waals surface area contributed by atoms with Gasteiger partial charge < -0.3 is 15.0 Å². The Labute approximate surface area is 259 Å². The van der Waals surface area contributed by atoms with Gasteiger partial charge in [0.1, 0.15) is 12.4 Å². The van der Waals surface area contributed by atoms with Gasteiger partial charge in [0.05, 0.1) is 11.4 Å². The Kier molecular flexibility index (Phi) is 11.2. The van der Waals surface area contributed by atoms with Crippen molar-refractivity contribution in [3.8, 4) is 11.1 Å². The van der Waals surface area contributed by atoms with Gasteiger partial charge in [0.25, 0.3) is 0 Å². The smallest absolute Gasteiger partial charge is 0.412 e. The molecule has 0 bridgehead atoms. The summed E-state index contributed by atoms with van der Waals surface area (Å²) in [4.78, 5) is 26.9. The zero-order valence-electron chi connectivity index (χ0n) is 22.7. The fraction of sp³-hybridized carbons (Fsp3) is 0.250. The van der Waals surface area contributed by atoms with Gasteiger partial charge in [-0.25, -0.2) is 18.4 Å². The van der Waals surface area contributed by atoms with E-state index in [4.69, 9.17) is 50.1 Å². The van der Waals surface area contributed by atoms with Crippen LogP contribution >= 0.6 is 34.8 Å². The number of benzene rings is 3. The van der Waals surface area contributed by atoms with Crippen molar-refractivity contribution < 1.29 is 22.7 Å². The first kappa shape index (κ1) is 33.2. The lowest BCUT2D eigenvalue weighted by Gasteiger charge is -2.30. The normalized spacial score (nSPS) is 12.2. The third-order valence-electron chi connectivity index (χ3n) is 6.17. The van der Waals surface area contributed by atoms with E-state index in [0.29, 0.717) is 28.1 Å². The van der Waals surface area contributed by atoms with Crippen LogP contribution in [0.1, 0.15) is 25.8 Å². The Morgan fingerprint density at radius 2 is 1.71 bits per heavy atom. The predicted molar refractivity (Wildman–Crippen MR) is 167 cm³/mol. The molecule has 0 heterocycles. The number of ether oxygens (including phenoxy) is 1. The van der Waals surface area contributed by atoms with E-state index in [1.165, 1.54) is 6.07 Å². The molecule has 0 radical (unpaired) electrons. The first-order valence-electron chi connectivity index (χ1n) is 12.7. The minimum absolute atomic E-state index is 0.000511. The van der Waals surface area contributed by atoms with E-state index in [-0.39, 0.29) is 29.2 Å². The molecule has 0 saturated heterocycles. The monoisotopic (exact) mass is 653 g/mol. The Morgan fingerprint density at radius 1 is 1.05 bits per heavy atom. The number of nitrogens with zero attached hydrogens (tertiary/aromatic N) is 1. The second kappa shape index (κ2) is 14.2. The molecule has 0 saturated carbocycles. The molecule has 42 heavy (non-hydrogen) atoms. The lowest BCUT2D eigenvalue weighted by Crippen LogP contribution is -2.39. The van der Waals surface area contributed by atoms with Gasteiger partial charge in [-0.2, -0.15) is 0 Å². The number of carbonyl (C=O) groups is 2. The van der Waals surface area contributed by atoms with Crippen molar-refractivity contribution in [2.75, 3.05) is 23.4 Å². The number of rotatable bonds is 10. The summed E-state index contributed by atoms with van der Waals surface area (Å²) in [7, 11) is -3.91. The number of nitrogens with one attached hydrogen (secondary N) is 3. The van der Waals surface area contributed by atoms with Crippen LogP contribution in [0.3, 0.4) is 0 Å². The molecule has 5 N–H and O–H groups in total. The van der Waals surface area contributed by atoms with Gasteiger partial charge in [0.15, 0.2) is 0 Å². The number of amidine groups is 1. The maximum absolute atomic E-state index is 13.1. The molecule has 2 amide bonds. The molecule has 14 heteroatoms. The van der Waals surface area contributed by atoms with Crippen LogP contribution in [0.15, 0.2) is 77.7 Å². The topological polar surface area (TPSA) is 155 Å². The van der Waals surface area contributed by atoms with Crippen molar-refractivity contribution in [2.24, 2.45) is 5.14 Å². The number of alkyl carbamates (subject to hydrolysis) is 1. The van der Waals surface area contributed by atoms with Crippen molar-refractivity contribution in [3.63, 3.8) is 0 Å². The maximum Gasteiger partial charge on any atom is 0.412 e. The number of anilines is 2. The Morgan fingerprint density at radius 3 is 2.33 bits per heavy atom. The average molecular weight is 655 g/mol. The van der Waals surface area contributed by atoms with Gasteiger partial charge in [0.2, 0.25) is 19.7 Å². The molecule has 1 atom stereocenters. The standard InChI is InChI=1S/C28H30Cl3N5O5S/c1-3-18(2)36(22-8-6-7-20(15-22)26(32)35-27(38)41-17-28(29,30)31)16-25(37)34-21-13-11-19(12-14-21)23-9-4-5-10-24(23)42(33,39)40/h4-15,18H,3,16-17H2,1-2H3,(H,34,37)(H2,32,35,38)(H2,33,39,40). The van der Waals surface area contributed by atoms with Crippen molar-refractivity contribution in [1.29, 1.82) is 5.41 Å². The molecule has 0 fully saturated rings. The number of alkyl halides is 3. The molecule has 224 valence electrons. The van der Waals surface area contributed by atoms with Gasteiger partial charge in [0, 0.05) is 28.5 Å². The van der Waals surface area contributed by atoms with Gasteiger partial charge in [-0.05, 0) is 49.2 Å². The number of amides is 2. The molecule has 1 unspecified atom stereocenters. The number of carbonyl (C=O) groups excluding carboxylic acids is 2. The Balaban J connectivity index is 1.72. The summed E-state index contributed by atoms with van der Waals surface area (Å²) in [5, 5.41) is 18.8. The van der Waals surface area contributed by atoms with Crippen LogP contribution in [0.4, 0.5) is 16.2 Å².